The monoisotopic (exact) mass is 115 g/mol. The minimum Gasteiger partial charge on any atom is -0.307 e. The van der Waals surface area contributed by atoms with E-state index in [9.17, 15) is 4.79 Å². The van der Waals surface area contributed by atoms with Crippen molar-refractivity contribution in [3.8, 4) is 0 Å². The summed E-state index contributed by atoms with van der Waals surface area (Å²) in [5, 5.41) is 0.335. The van der Waals surface area contributed by atoms with Gasteiger partial charge in [0.05, 0.1) is 10.2 Å². The summed E-state index contributed by atoms with van der Waals surface area (Å²) in [7, 11) is 1.46. The molecule has 1 nitrogen and oxygen atoms in total. The SMILES string of the molecule is CCCCC(=O)[SiH2]. The zero-order valence-corrected chi connectivity index (χ0v) is 6.15. The van der Waals surface area contributed by atoms with Crippen LogP contribution in [-0.2, 0) is 4.79 Å². The number of carbonyl (C=O) groups excluding carboxylic acids is 1. The van der Waals surface area contributed by atoms with Crippen molar-refractivity contribution >= 4 is 15.6 Å². The molecule has 7 heavy (non-hydrogen) atoms. The molecule has 0 N–H and O–H groups in total. The van der Waals surface area contributed by atoms with Crippen LogP contribution in [0.4, 0.5) is 0 Å². The predicted octanol–water partition coefficient (Wildman–Crippen LogP) is 0.336. The quantitative estimate of drug-likeness (QED) is 0.485. The van der Waals surface area contributed by atoms with Gasteiger partial charge in [0.25, 0.3) is 0 Å². The van der Waals surface area contributed by atoms with Crippen molar-refractivity contribution in [2.75, 3.05) is 0 Å². The number of hydrogen-bond acceptors (Lipinski definition) is 1. The van der Waals surface area contributed by atoms with Gasteiger partial charge in [0, 0.05) is 6.42 Å². The Morgan fingerprint density at radius 3 is 2.43 bits per heavy atom. The first-order valence-corrected chi connectivity index (χ1v) is 3.33. The Morgan fingerprint density at radius 2 is 2.29 bits per heavy atom. The van der Waals surface area contributed by atoms with E-state index in [4.69, 9.17) is 0 Å². The van der Waals surface area contributed by atoms with E-state index in [0.29, 0.717) is 5.41 Å². The molecule has 0 saturated heterocycles. The Morgan fingerprint density at radius 1 is 1.71 bits per heavy atom. The van der Waals surface area contributed by atoms with Crippen molar-refractivity contribution in [3.05, 3.63) is 0 Å². The molecule has 0 aromatic rings. The van der Waals surface area contributed by atoms with Crippen molar-refractivity contribution < 1.29 is 4.79 Å². The highest BCUT2D eigenvalue weighted by molar-refractivity contribution is 6.57. The third-order valence-electron chi connectivity index (χ3n) is 0.809. The second-order valence-corrected chi connectivity index (χ2v) is 2.43. The van der Waals surface area contributed by atoms with Gasteiger partial charge in [-0.3, -0.25) is 0 Å². The van der Waals surface area contributed by atoms with Gasteiger partial charge >= 0.3 is 0 Å². The minimum atomic E-state index is 0.335. The first kappa shape index (κ1) is 6.89. The van der Waals surface area contributed by atoms with Crippen LogP contribution in [0.3, 0.4) is 0 Å². The lowest BCUT2D eigenvalue weighted by Gasteiger charge is -1.86. The predicted molar refractivity (Wildman–Crippen MR) is 33.1 cm³/mol. The van der Waals surface area contributed by atoms with E-state index in [1.54, 1.807) is 0 Å². The molecule has 0 aliphatic rings. The van der Waals surface area contributed by atoms with Crippen molar-refractivity contribution in [3.63, 3.8) is 0 Å². The molecule has 0 aliphatic heterocycles. The fourth-order valence-corrected chi connectivity index (χ4v) is 0.624. The molecule has 0 unspecified atom stereocenters. The van der Waals surface area contributed by atoms with Crippen LogP contribution in [0.1, 0.15) is 26.2 Å². The molecule has 1 radical (unpaired) electrons. The van der Waals surface area contributed by atoms with Crippen LogP contribution in [0, 0.1) is 0 Å². The van der Waals surface area contributed by atoms with Gasteiger partial charge in [-0.1, -0.05) is 13.3 Å². The molecular formula is C5H11OSi. The van der Waals surface area contributed by atoms with Crippen LogP contribution in [0.5, 0.6) is 0 Å². The number of carbonyl (C=O) groups is 1. The van der Waals surface area contributed by atoms with E-state index in [0.717, 1.165) is 19.3 Å². The van der Waals surface area contributed by atoms with Gasteiger partial charge in [0.2, 0.25) is 0 Å². The summed E-state index contributed by atoms with van der Waals surface area (Å²) in [5.74, 6) is 0. The highest BCUT2D eigenvalue weighted by Gasteiger charge is 1.87. The van der Waals surface area contributed by atoms with E-state index in [-0.39, 0.29) is 0 Å². The lowest BCUT2D eigenvalue weighted by atomic mass is 10.3. The molecule has 0 aromatic heterocycles. The highest BCUT2D eigenvalue weighted by Crippen LogP contribution is 1.90. The van der Waals surface area contributed by atoms with Crippen molar-refractivity contribution in [2.24, 2.45) is 0 Å². The van der Waals surface area contributed by atoms with Crippen LogP contribution in [0.15, 0.2) is 0 Å². The van der Waals surface area contributed by atoms with Crippen molar-refractivity contribution in [1.29, 1.82) is 0 Å². The maximum atomic E-state index is 10.2. The molecule has 0 spiro atoms. The van der Waals surface area contributed by atoms with Gasteiger partial charge in [0.1, 0.15) is 5.41 Å². The molecule has 0 saturated carbocycles. The maximum absolute atomic E-state index is 10.2. The second kappa shape index (κ2) is 4.06. The summed E-state index contributed by atoms with van der Waals surface area (Å²) in [4.78, 5) is 10.2. The van der Waals surface area contributed by atoms with Crippen molar-refractivity contribution in [1.82, 2.24) is 0 Å². The molecule has 0 atom stereocenters. The van der Waals surface area contributed by atoms with Crippen molar-refractivity contribution in [2.45, 2.75) is 26.2 Å². The summed E-state index contributed by atoms with van der Waals surface area (Å²) < 4.78 is 0. The van der Waals surface area contributed by atoms with Crippen LogP contribution in [-0.4, -0.2) is 15.6 Å². The lowest BCUT2D eigenvalue weighted by Crippen LogP contribution is -1.93. The topological polar surface area (TPSA) is 17.1 Å². The Kier molecular flexibility index (Phi) is 3.99. The average Bonchev–Trinajstić information content (AvgIpc) is 1.61. The van der Waals surface area contributed by atoms with E-state index in [1.165, 1.54) is 10.2 Å². The normalized spacial score (nSPS) is 8.86. The molecule has 0 aromatic carbocycles. The van der Waals surface area contributed by atoms with E-state index in [2.05, 4.69) is 6.92 Å². The Labute approximate surface area is 47.5 Å². The summed E-state index contributed by atoms with van der Waals surface area (Å²) in [6, 6.07) is 0. The van der Waals surface area contributed by atoms with E-state index >= 15 is 0 Å². The van der Waals surface area contributed by atoms with Crippen LogP contribution < -0.4 is 0 Å². The van der Waals surface area contributed by atoms with Crippen LogP contribution >= 0.6 is 0 Å². The molecule has 0 heterocycles. The largest absolute Gasteiger partial charge is 0.307 e. The van der Waals surface area contributed by atoms with E-state index < -0.39 is 0 Å². The number of hydrogen-bond donors (Lipinski definition) is 0. The molecule has 41 valence electrons. The number of rotatable bonds is 3. The molecule has 0 fully saturated rings. The van der Waals surface area contributed by atoms with Gasteiger partial charge < -0.3 is 4.79 Å². The third kappa shape index (κ3) is 5.89. The molecule has 0 aliphatic carbocycles. The van der Waals surface area contributed by atoms with Crippen LogP contribution in [0.25, 0.3) is 0 Å². The molecule has 2 heteroatoms. The second-order valence-electron chi connectivity index (χ2n) is 1.64. The summed E-state index contributed by atoms with van der Waals surface area (Å²) in [6.45, 7) is 2.09. The fraction of sp³-hybridized carbons (Fsp3) is 0.800. The summed E-state index contributed by atoms with van der Waals surface area (Å²) in [6.07, 6.45) is 2.96. The Bertz CT molecular complexity index is 61.1. The van der Waals surface area contributed by atoms with Crippen LogP contribution in [0.2, 0.25) is 0 Å². The van der Waals surface area contributed by atoms with Gasteiger partial charge in [-0.05, 0) is 6.42 Å². The van der Waals surface area contributed by atoms with Gasteiger partial charge in [-0.25, -0.2) is 0 Å². The molecule has 0 rings (SSSR count). The van der Waals surface area contributed by atoms with Gasteiger partial charge in [-0.2, -0.15) is 0 Å². The minimum absolute atomic E-state index is 0.335. The molecule has 0 bridgehead atoms. The zero-order valence-electron chi connectivity index (χ0n) is 4.74. The fourth-order valence-electron chi connectivity index (χ4n) is 0.374. The summed E-state index contributed by atoms with van der Waals surface area (Å²) >= 11 is 0. The zero-order chi connectivity index (χ0) is 5.70. The number of unbranched alkanes of at least 4 members (excludes halogenated alkanes) is 1. The first-order chi connectivity index (χ1) is 3.27. The third-order valence-corrected chi connectivity index (χ3v) is 1.16. The first-order valence-electron chi connectivity index (χ1n) is 2.62. The smallest absolute Gasteiger partial charge is 0.101 e. The molecule has 0 amide bonds. The Balaban J connectivity index is 2.82. The van der Waals surface area contributed by atoms with Gasteiger partial charge in [0.15, 0.2) is 0 Å². The van der Waals surface area contributed by atoms with E-state index in [1.807, 2.05) is 0 Å². The lowest BCUT2D eigenvalue weighted by molar-refractivity contribution is -0.111. The summed E-state index contributed by atoms with van der Waals surface area (Å²) in [5.41, 5.74) is 0. The average molecular weight is 115 g/mol. The molecular weight excluding hydrogens is 104 g/mol. The standard InChI is InChI=1S/C5H11OSi/c1-2-3-4-5(6)7/h2-4,7H2,1H3. The maximum Gasteiger partial charge on any atom is 0.101 e. The Hall–Kier alpha value is -0.113. The highest BCUT2D eigenvalue weighted by atomic mass is 28.1. The van der Waals surface area contributed by atoms with Gasteiger partial charge in [-0.15, -0.1) is 0 Å².